The second-order valence-corrected chi connectivity index (χ2v) is 5.38. The zero-order chi connectivity index (χ0) is 13.3. The minimum atomic E-state index is -0.246. The van der Waals surface area contributed by atoms with E-state index in [9.17, 15) is 4.39 Å². The van der Waals surface area contributed by atoms with Gasteiger partial charge < -0.3 is 5.32 Å². The normalized spacial score (nSPS) is 10.5. The molecule has 94 valence electrons. The SMILES string of the molecule is Cc1cc(C)c(Nc2ccc(F)cc2Br)c(C)c1. The van der Waals surface area contributed by atoms with E-state index in [1.807, 2.05) is 0 Å². The molecule has 0 fully saturated rings. The number of halogens is 2. The Labute approximate surface area is 115 Å². The van der Waals surface area contributed by atoms with Crippen LogP contribution in [0.25, 0.3) is 0 Å². The Morgan fingerprint density at radius 1 is 1.00 bits per heavy atom. The maximum atomic E-state index is 13.0. The van der Waals surface area contributed by atoms with Crippen molar-refractivity contribution in [1.82, 2.24) is 0 Å². The van der Waals surface area contributed by atoms with Crippen molar-refractivity contribution in [2.75, 3.05) is 5.32 Å². The van der Waals surface area contributed by atoms with Gasteiger partial charge in [0.25, 0.3) is 0 Å². The molecule has 0 spiro atoms. The van der Waals surface area contributed by atoms with Crippen LogP contribution in [0.15, 0.2) is 34.8 Å². The molecule has 0 saturated heterocycles. The molecule has 0 saturated carbocycles. The number of nitrogens with one attached hydrogen (secondary N) is 1. The van der Waals surface area contributed by atoms with E-state index in [0.29, 0.717) is 0 Å². The number of hydrogen-bond donors (Lipinski definition) is 1. The maximum Gasteiger partial charge on any atom is 0.124 e. The van der Waals surface area contributed by atoms with Gasteiger partial charge in [0, 0.05) is 10.2 Å². The van der Waals surface area contributed by atoms with E-state index in [-0.39, 0.29) is 5.82 Å². The summed E-state index contributed by atoms with van der Waals surface area (Å²) in [5.74, 6) is -0.246. The summed E-state index contributed by atoms with van der Waals surface area (Å²) in [5.41, 5.74) is 5.56. The molecule has 0 unspecified atom stereocenters. The Hall–Kier alpha value is -1.35. The predicted molar refractivity (Wildman–Crippen MR) is 78.0 cm³/mol. The van der Waals surface area contributed by atoms with Crippen LogP contribution in [-0.4, -0.2) is 0 Å². The molecule has 0 bridgehead atoms. The Morgan fingerprint density at radius 3 is 2.17 bits per heavy atom. The highest BCUT2D eigenvalue weighted by molar-refractivity contribution is 9.10. The molecule has 3 heteroatoms. The number of anilines is 2. The minimum absolute atomic E-state index is 0.246. The number of benzene rings is 2. The lowest BCUT2D eigenvalue weighted by Crippen LogP contribution is -1.98. The van der Waals surface area contributed by atoms with Crippen molar-refractivity contribution < 1.29 is 4.39 Å². The zero-order valence-corrected chi connectivity index (χ0v) is 12.2. The molecular weight excluding hydrogens is 293 g/mol. The molecule has 0 amide bonds. The maximum absolute atomic E-state index is 13.0. The standard InChI is InChI=1S/C15H15BrFN/c1-9-6-10(2)15(11(3)7-9)18-14-5-4-12(17)8-13(14)16/h4-8,18H,1-3H3. The summed E-state index contributed by atoms with van der Waals surface area (Å²) in [6, 6.07) is 8.91. The molecule has 2 rings (SSSR count). The molecular formula is C15H15BrFN. The molecule has 1 nitrogen and oxygen atoms in total. The van der Waals surface area contributed by atoms with E-state index in [1.54, 1.807) is 6.07 Å². The second-order valence-electron chi connectivity index (χ2n) is 4.52. The van der Waals surface area contributed by atoms with Gasteiger partial charge in [-0.3, -0.25) is 0 Å². The molecule has 0 heterocycles. The number of rotatable bonds is 2. The minimum Gasteiger partial charge on any atom is -0.354 e. The van der Waals surface area contributed by atoms with E-state index in [1.165, 1.54) is 28.8 Å². The van der Waals surface area contributed by atoms with E-state index in [0.717, 1.165) is 15.8 Å². The Kier molecular flexibility index (Phi) is 3.71. The van der Waals surface area contributed by atoms with Crippen LogP contribution in [0.4, 0.5) is 15.8 Å². The van der Waals surface area contributed by atoms with Crippen LogP contribution in [0.5, 0.6) is 0 Å². The van der Waals surface area contributed by atoms with Gasteiger partial charge in [-0.15, -0.1) is 0 Å². The third-order valence-electron chi connectivity index (χ3n) is 2.87. The van der Waals surface area contributed by atoms with Gasteiger partial charge in [-0.25, -0.2) is 4.39 Å². The molecule has 0 aliphatic heterocycles. The van der Waals surface area contributed by atoms with Crippen molar-refractivity contribution in [3.63, 3.8) is 0 Å². The Morgan fingerprint density at radius 2 is 1.61 bits per heavy atom. The molecule has 0 atom stereocenters. The van der Waals surface area contributed by atoms with Gasteiger partial charge in [0.05, 0.1) is 5.69 Å². The van der Waals surface area contributed by atoms with E-state index in [4.69, 9.17) is 0 Å². The molecule has 2 aromatic rings. The largest absolute Gasteiger partial charge is 0.354 e. The van der Waals surface area contributed by atoms with Crippen LogP contribution in [-0.2, 0) is 0 Å². The molecule has 1 N–H and O–H groups in total. The van der Waals surface area contributed by atoms with Gasteiger partial charge in [-0.1, -0.05) is 17.7 Å². The first-order valence-electron chi connectivity index (χ1n) is 5.77. The fraction of sp³-hybridized carbons (Fsp3) is 0.200. The van der Waals surface area contributed by atoms with Crippen molar-refractivity contribution in [2.45, 2.75) is 20.8 Å². The van der Waals surface area contributed by atoms with Crippen LogP contribution in [0, 0.1) is 26.6 Å². The van der Waals surface area contributed by atoms with E-state index in [2.05, 4.69) is 54.2 Å². The summed E-state index contributed by atoms with van der Waals surface area (Å²) >= 11 is 3.37. The van der Waals surface area contributed by atoms with Crippen molar-refractivity contribution in [3.8, 4) is 0 Å². The van der Waals surface area contributed by atoms with Gasteiger partial charge in [-0.2, -0.15) is 0 Å². The van der Waals surface area contributed by atoms with Crippen LogP contribution in [0.1, 0.15) is 16.7 Å². The van der Waals surface area contributed by atoms with Crippen LogP contribution in [0.2, 0.25) is 0 Å². The molecule has 2 aromatic carbocycles. The van der Waals surface area contributed by atoms with Crippen LogP contribution < -0.4 is 5.32 Å². The van der Waals surface area contributed by atoms with Crippen LogP contribution in [0.3, 0.4) is 0 Å². The fourth-order valence-electron chi connectivity index (χ4n) is 2.10. The average molecular weight is 308 g/mol. The first-order valence-corrected chi connectivity index (χ1v) is 6.56. The highest BCUT2D eigenvalue weighted by Crippen LogP contribution is 2.30. The van der Waals surface area contributed by atoms with Gasteiger partial charge >= 0.3 is 0 Å². The zero-order valence-electron chi connectivity index (χ0n) is 10.6. The summed E-state index contributed by atoms with van der Waals surface area (Å²) < 4.78 is 13.8. The molecule has 18 heavy (non-hydrogen) atoms. The third kappa shape index (κ3) is 2.72. The van der Waals surface area contributed by atoms with Gasteiger partial charge in [0.15, 0.2) is 0 Å². The lowest BCUT2D eigenvalue weighted by Gasteiger charge is -2.15. The van der Waals surface area contributed by atoms with Crippen molar-refractivity contribution in [2.24, 2.45) is 0 Å². The smallest absolute Gasteiger partial charge is 0.124 e. The lowest BCUT2D eigenvalue weighted by atomic mass is 10.0. The first-order chi connectivity index (χ1) is 8.47. The van der Waals surface area contributed by atoms with Gasteiger partial charge in [0.1, 0.15) is 5.82 Å². The third-order valence-corrected chi connectivity index (χ3v) is 3.52. The average Bonchev–Trinajstić information content (AvgIpc) is 2.25. The summed E-state index contributed by atoms with van der Waals surface area (Å²) in [4.78, 5) is 0. The molecule has 0 aliphatic rings. The quantitative estimate of drug-likeness (QED) is 0.798. The predicted octanol–water partition coefficient (Wildman–Crippen LogP) is 5.26. The first kappa shape index (κ1) is 13.1. The lowest BCUT2D eigenvalue weighted by molar-refractivity contribution is 0.627. The second kappa shape index (κ2) is 5.11. The number of hydrogen-bond acceptors (Lipinski definition) is 1. The molecule has 0 aromatic heterocycles. The van der Waals surface area contributed by atoms with Gasteiger partial charge in [-0.05, 0) is 66.0 Å². The summed E-state index contributed by atoms with van der Waals surface area (Å²) in [5, 5.41) is 3.35. The number of aryl methyl sites for hydroxylation is 3. The summed E-state index contributed by atoms with van der Waals surface area (Å²) in [6.07, 6.45) is 0. The van der Waals surface area contributed by atoms with Crippen molar-refractivity contribution in [1.29, 1.82) is 0 Å². The Bertz CT molecular complexity index is 570. The van der Waals surface area contributed by atoms with Gasteiger partial charge in [0.2, 0.25) is 0 Å². The van der Waals surface area contributed by atoms with E-state index < -0.39 is 0 Å². The van der Waals surface area contributed by atoms with Crippen molar-refractivity contribution >= 4 is 27.3 Å². The molecule has 0 aliphatic carbocycles. The fourth-order valence-corrected chi connectivity index (χ4v) is 2.55. The highest BCUT2D eigenvalue weighted by Gasteiger charge is 2.07. The monoisotopic (exact) mass is 307 g/mol. The Balaban J connectivity index is 2.40. The summed E-state index contributed by atoms with van der Waals surface area (Å²) in [6.45, 7) is 6.22. The summed E-state index contributed by atoms with van der Waals surface area (Å²) in [7, 11) is 0. The highest BCUT2D eigenvalue weighted by atomic mass is 79.9. The van der Waals surface area contributed by atoms with Crippen LogP contribution >= 0.6 is 15.9 Å². The van der Waals surface area contributed by atoms with E-state index >= 15 is 0 Å². The van der Waals surface area contributed by atoms with Crippen molar-refractivity contribution in [3.05, 3.63) is 57.3 Å². The molecule has 0 radical (unpaired) electrons. The topological polar surface area (TPSA) is 12.0 Å².